The van der Waals surface area contributed by atoms with Crippen molar-refractivity contribution in [1.29, 1.82) is 0 Å². The van der Waals surface area contributed by atoms with Crippen molar-refractivity contribution < 1.29 is 0 Å². The monoisotopic (exact) mass is 278 g/mol. The molecule has 1 heterocycles. The van der Waals surface area contributed by atoms with Gasteiger partial charge in [0.15, 0.2) is 0 Å². The summed E-state index contributed by atoms with van der Waals surface area (Å²) in [4.78, 5) is 25.0. The van der Waals surface area contributed by atoms with Gasteiger partial charge in [0.1, 0.15) is 5.02 Å². The summed E-state index contributed by atoms with van der Waals surface area (Å²) in [7, 11) is 0. The summed E-state index contributed by atoms with van der Waals surface area (Å²) in [5.41, 5.74) is 1.21. The third kappa shape index (κ3) is 3.15. The second-order valence-corrected chi connectivity index (χ2v) is 5.17. The lowest BCUT2D eigenvalue weighted by Gasteiger charge is -2.08. The van der Waals surface area contributed by atoms with Crippen LogP contribution in [0.15, 0.2) is 40.1 Å². The Labute approximate surface area is 115 Å². The highest BCUT2D eigenvalue weighted by molar-refractivity contribution is 6.30. The second-order valence-electron chi connectivity index (χ2n) is 4.76. The van der Waals surface area contributed by atoms with Gasteiger partial charge in [0.25, 0.3) is 5.56 Å². The number of rotatable bonds is 3. The van der Waals surface area contributed by atoms with E-state index >= 15 is 0 Å². The fraction of sp³-hybridized carbons (Fsp3) is 0.286. The van der Waals surface area contributed by atoms with Crippen LogP contribution in [0.25, 0.3) is 0 Å². The van der Waals surface area contributed by atoms with E-state index in [1.165, 1.54) is 16.3 Å². The van der Waals surface area contributed by atoms with Crippen LogP contribution in [0.5, 0.6) is 0 Å². The SMILES string of the molecule is CC(C)c1ccc(Cn2cc(Cl)c(=O)[nH]c2=O)cc1. The standard InChI is InChI=1S/C14H15ClN2O2/c1-9(2)11-5-3-10(4-6-11)7-17-8-12(15)13(18)16-14(17)19/h3-6,8-9H,7H2,1-2H3,(H,16,18,19). The molecule has 2 aromatic rings. The number of hydrogen-bond donors (Lipinski definition) is 1. The fourth-order valence-corrected chi connectivity index (χ4v) is 1.97. The van der Waals surface area contributed by atoms with Gasteiger partial charge in [0.05, 0.1) is 6.54 Å². The number of H-pyrrole nitrogens is 1. The van der Waals surface area contributed by atoms with Crippen LogP contribution in [0, 0.1) is 0 Å². The van der Waals surface area contributed by atoms with Crippen LogP contribution in [-0.4, -0.2) is 9.55 Å². The summed E-state index contributed by atoms with van der Waals surface area (Å²) in [6, 6.07) is 8.03. The number of nitrogens with zero attached hydrogens (tertiary/aromatic N) is 1. The van der Waals surface area contributed by atoms with Gasteiger partial charge < -0.3 is 0 Å². The maximum Gasteiger partial charge on any atom is 0.328 e. The number of aromatic nitrogens is 2. The minimum absolute atomic E-state index is 0.0124. The first-order valence-corrected chi connectivity index (χ1v) is 6.43. The van der Waals surface area contributed by atoms with E-state index in [-0.39, 0.29) is 5.02 Å². The maximum atomic E-state index is 11.6. The summed E-state index contributed by atoms with van der Waals surface area (Å²) in [5, 5.41) is 0.0124. The number of hydrogen-bond acceptors (Lipinski definition) is 2. The van der Waals surface area contributed by atoms with Gasteiger partial charge in [-0.2, -0.15) is 0 Å². The van der Waals surface area contributed by atoms with Crippen LogP contribution in [0.2, 0.25) is 5.02 Å². The van der Waals surface area contributed by atoms with Crippen molar-refractivity contribution in [3.63, 3.8) is 0 Å². The Kier molecular flexibility index (Phi) is 3.90. The summed E-state index contributed by atoms with van der Waals surface area (Å²) in [6.45, 7) is 4.64. The molecule has 0 saturated heterocycles. The Morgan fingerprint density at radius 3 is 2.42 bits per heavy atom. The van der Waals surface area contributed by atoms with Crippen molar-refractivity contribution in [3.05, 3.63) is 67.4 Å². The minimum atomic E-state index is -0.557. The molecule has 0 saturated carbocycles. The van der Waals surface area contributed by atoms with Gasteiger partial charge in [-0.3, -0.25) is 14.3 Å². The first-order valence-electron chi connectivity index (χ1n) is 6.05. The van der Waals surface area contributed by atoms with Gasteiger partial charge in [0, 0.05) is 6.20 Å². The van der Waals surface area contributed by atoms with Crippen molar-refractivity contribution in [2.45, 2.75) is 26.3 Å². The Hall–Kier alpha value is -1.81. The number of halogens is 1. The Morgan fingerprint density at radius 2 is 1.84 bits per heavy atom. The maximum absolute atomic E-state index is 11.6. The summed E-state index contributed by atoms with van der Waals surface area (Å²) >= 11 is 5.72. The molecule has 100 valence electrons. The lowest BCUT2D eigenvalue weighted by Crippen LogP contribution is -2.29. The molecule has 0 unspecified atom stereocenters. The number of aromatic amines is 1. The fourth-order valence-electron chi connectivity index (χ4n) is 1.80. The molecule has 0 bridgehead atoms. The highest BCUT2D eigenvalue weighted by Crippen LogP contribution is 2.15. The van der Waals surface area contributed by atoms with E-state index in [1.54, 1.807) is 0 Å². The normalized spacial score (nSPS) is 10.9. The smallest absolute Gasteiger partial charge is 0.295 e. The molecular weight excluding hydrogens is 264 g/mol. The zero-order chi connectivity index (χ0) is 14.0. The van der Waals surface area contributed by atoms with Gasteiger partial charge >= 0.3 is 5.69 Å². The minimum Gasteiger partial charge on any atom is -0.295 e. The molecule has 0 aliphatic carbocycles. The molecule has 0 fully saturated rings. The largest absolute Gasteiger partial charge is 0.328 e. The third-order valence-electron chi connectivity index (χ3n) is 2.97. The van der Waals surface area contributed by atoms with E-state index in [9.17, 15) is 9.59 Å². The van der Waals surface area contributed by atoms with Crippen molar-refractivity contribution in [2.75, 3.05) is 0 Å². The van der Waals surface area contributed by atoms with E-state index in [4.69, 9.17) is 11.6 Å². The summed E-state index contributed by atoms with van der Waals surface area (Å²) < 4.78 is 1.38. The Morgan fingerprint density at radius 1 is 1.21 bits per heavy atom. The van der Waals surface area contributed by atoms with E-state index in [0.29, 0.717) is 12.5 Å². The van der Waals surface area contributed by atoms with Gasteiger partial charge in [-0.15, -0.1) is 0 Å². The molecule has 4 nitrogen and oxygen atoms in total. The highest BCUT2D eigenvalue weighted by atomic mass is 35.5. The van der Waals surface area contributed by atoms with E-state index in [0.717, 1.165) is 5.56 Å². The molecule has 0 aliphatic heterocycles. The number of benzene rings is 1. The first-order chi connectivity index (χ1) is 8.97. The zero-order valence-electron chi connectivity index (χ0n) is 10.8. The molecular formula is C14H15ClN2O2. The third-order valence-corrected chi connectivity index (χ3v) is 3.24. The van der Waals surface area contributed by atoms with Crippen molar-refractivity contribution in [1.82, 2.24) is 9.55 Å². The molecule has 0 aliphatic rings. The predicted octanol–water partition coefficient (Wildman–Crippen LogP) is 2.36. The van der Waals surface area contributed by atoms with Crippen LogP contribution < -0.4 is 11.2 Å². The number of nitrogens with one attached hydrogen (secondary N) is 1. The lowest BCUT2D eigenvalue weighted by atomic mass is 10.0. The summed E-state index contributed by atoms with van der Waals surface area (Å²) in [5.74, 6) is 0.472. The van der Waals surface area contributed by atoms with E-state index in [2.05, 4.69) is 18.8 Å². The van der Waals surface area contributed by atoms with Crippen LogP contribution in [-0.2, 0) is 6.54 Å². The van der Waals surface area contributed by atoms with Crippen LogP contribution in [0.3, 0.4) is 0 Å². The molecule has 19 heavy (non-hydrogen) atoms. The molecule has 0 radical (unpaired) electrons. The van der Waals surface area contributed by atoms with Gasteiger partial charge in [-0.1, -0.05) is 49.7 Å². The predicted molar refractivity (Wildman–Crippen MR) is 76.0 cm³/mol. The summed E-state index contributed by atoms with van der Waals surface area (Å²) in [6.07, 6.45) is 1.36. The molecule has 5 heteroatoms. The van der Waals surface area contributed by atoms with Gasteiger partial charge in [-0.25, -0.2) is 4.79 Å². The lowest BCUT2D eigenvalue weighted by molar-refractivity contribution is 0.720. The van der Waals surface area contributed by atoms with Crippen LogP contribution in [0.1, 0.15) is 30.9 Å². The van der Waals surface area contributed by atoms with E-state index in [1.807, 2.05) is 24.3 Å². The van der Waals surface area contributed by atoms with Crippen LogP contribution in [0.4, 0.5) is 0 Å². The quantitative estimate of drug-likeness (QED) is 0.937. The van der Waals surface area contributed by atoms with Gasteiger partial charge in [-0.05, 0) is 17.0 Å². The molecule has 2 rings (SSSR count). The van der Waals surface area contributed by atoms with Crippen molar-refractivity contribution in [3.8, 4) is 0 Å². The van der Waals surface area contributed by atoms with Crippen LogP contribution >= 0.6 is 11.6 Å². The van der Waals surface area contributed by atoms with Gasteiger partial charge in [0.2, 0.25) is 0 Å². The average molecular weight is 279 g/mol. The molecule has 0 atom stereocenters. The molecule has 1 aromatic heterocycles. The second kappa shape index (κ2) is 5.45. The highest BCUT2D eigenvalue weighted by Gasteiger charge is 2.04. The molecule has 0 spiro atoms. The molecule has 1 aromatic carbocycles. The average Bonchev–Trinajstić information content (AvgIpc) is 2.36. The topological polar surface area (TPSA) is 54.9 Å². The molecule has 0 amide bonds. The zero-order valence-corrected chi connectivity index (χ0v) is 11.6. The molecule has 1 N–H and O–H groups in total. The Balaban J connectivity index is 2.29. The van der Waals surface area contributed by atoms with Crippen molar-refractivity contribution >= 4 is 11.6 Å². The van der Waals surface area contributed by atoms with Crippen molar-refractivity contribution in [2.24, 2.45) is 0 Å². The van der Waals surface area contributed by atoms with E-state index < -0.39 is 11.2 Å². The first kappa shape index (κ1) is 13.6. The Bertz CT molecular complexity index is 684.